The molecule has 0 aliphatic rings. The van der Waals surface area contributed by atoms with Crippen molar-refractivity contribution in [1.29, 1.82) is 0 Å². The van der Waals surface area contributed by atoms with Crippen LogP contribution in [0.1, 0.15) is 48.5 Å². The first-order chi connectivity index (χ1) is 8.83. The zero-order chi connectivity index (χ0) is 15.0. The summed E-state index contributed by atoms with van der Waals surface area (Å²) in [6.07, 6.45) is 0.00574. The van der Waals surface area contributed by atoms with E-state index in [-0.39, 0.29) is 137 Å². The summed E-state index contributed by atoms with van der Waals surface area (Å²) in [6, 6.07) is -0.840. The van der Waals surface area contributed by atoms with E-state index in [1.54, 1.807) is 21.0 Å². The summed E-state index contributed by atoms with van der Waals surface area (Å²) in [5.41, 5.74) is 0. The van der Waals surface area contributed by atoms with Gasteiger partial charge in [-0.3, -0.25) is 14.4 Å². The molecule has 0 rings (SSSR count). The van der Waals surface area contributed by atoms with Crippen LogP contribution in [-0.2, 0) is 117 Å². The molecule has 3 unspecified atom stereocenters. The molecule has 0 aliphatic heterocycles. The molecule has 0 saturated carbocycles. The third kappa shape index (κ3) is 17.5. The maximum absolute atomic E-state index is 11.6. The number of Topliss-reactive ketones (excluding diaryl/α,β-unsaturated/α-hetero) is 2. The SMILES string of the molecule is C.C.CNC(CCC(=O)OC(C)C(NC)C(C)=O)C(C)=O.[Y].[Y].[Y]. The Bertz CT molecular complexity index is 345. The Hall–Kier alpha value is 2.04. The fourth-order valence-electron chi connectivity index (χ4n) is 1.92. The largest absolute Gasteiger partial charge is 0.461 e. The third-order valence-electron chi connectivity index (χ3n) is 3.01. The number of hydrogen-bond donors (Lipinski definition) is 2. The van der Waals surface area contributed by atoms with E-state index in [4.69, 9.17) is 4.74 Å². The van der Waals surface area contributed by atoms with Crippen molar-refractivity contribution < 1.29 is 117 Å². The Balaban J connectivity index is -0.000000162. The normalized spacial score (nSPS) is 12.2. The molecule has 0 aliphatic carbocycles. The van der Waals surface area contributed by atoms with Gasteiger partial charge in [-0.1, -0.05) is 14.9 Å². The molecule has 0 spiro atoms. The molecule has 9 heteroatoms. The van der Waals surface area contributed by atoms with Gasteiger partial charge in [-0.05, 0) is 41.3 Å². The summed E-state index contributed by atoms with van der Waals surface area (Å²) in [5.74, 6) is -0.504. The van der Waals surface area contributed by atoms with Crippen LogP contribution in [0.4, 0.5) is 0 Å². The average Bonchev–Trinajstić information content (AvgIpc) is 2.29. The van der Waals surface area contributed by atoms with Crippen molar-refractivity contribution in [3.8, 4) is 0 Å². The summed E-state index contributed by atoms with van der Waals surface area (Å²) in [4.78, 5) is 34.1. The standard InChI is InChI=1S/C13H24N2O4.2CH4.3Y/c1-8(16)11(14-4)6-7-12(18)19-10(3)13(15-5)9(2)17;;;;;/h10-11,13-15H,6-7H2,1-5H3;2*1H4;;;. The topological polar surface area (TPSA) is 84.5 Å². The van der Waals surface area contributed by atoms with Crippen molar-refractivity contribution >= 4 is 17.5 Å². The van der Waals surface area contributed by atoms with Crippen molar-refractivity contribution in [2.75, 3.05) is 14.1 Å². The summed E-state index contributed by atoms with van der Waals surface area (Å²) in [7, 11) is 3.32. The maximum Gasteiger partial charge on any atom is 0.306 e. The molecule has 0 aromatic carbocycles. The summed E-state index contributed by atoms with van der Waals surface area (Å²) >= 11 is 0. The smallest absolute Gasteiger partial charge is 0.306 e. The van der Waals surface area contributed by atoms with E-state index in [2.05, 4.69) is 10.6 Å². The van der Waals surface area contributed by atoms with Crippen LogP contribution in [0, 0.1) is 0 Å². The summed E-state index contributed by atoms with van der Waals surface area (Å²) < 4.78 is 5.18. The second kappa shape index (κ2) is 23.1. The number of ether oxygens (including phenoxy) is 1. The van der Waals surface area contributed by atoms with Crippen LogP contribution in [0.3, 0.4) is 0 Å². The Labute approximate surface area is 223 Å². The molecule has 0 saturated heterocycles. The molecule has 3 atom stereocenters. The molecule has 0 fully saturated rings. The van der Waals surface area contributed by atoms with Crippen molar-refractivity contribution in [2.24, 2.45) is 0 Å². The third-order valence-corrected chi connectivity index (χ3v) is 3.01. The number of likely N-dealkylation sites (N-methyl/N-ethyl adjacent to an activating group) is 2. The molecule has 135 valence electrons. The number of rotatable bonds is 9. The van der Waals surface area contributed by atoms with Crippen molar-refractivity contribution in [3.63, 3.8) is 0 Å². The van der Waals surface area contributed by atoms with Gasteiger partial charge in [-0.15, -0.1) is 0 Å². The van der Waals surface area contributed by atoms with Gasteiger partial charge >= 0.3 is 5.97 Å². The first-order valence-corrected chi connectivity index (χ1v) is 6.38. The minimum atomic E-state index is -0.527. The van der Waals surface area contributed by atoms with Gasteiger partial charge in [-0.25, -0.2) is 0 Å². The minimum Gasteiger partial charge on any atom is -0.461 e. The number of carbonyl (C=O) groups is 3. The molecule has 0 heterocycles. The molecule has 3 radical (unpaired) electrons. The molecular formula is C15H32N2O4Y3. The van der Waals surface area contributed by atoms with Crippen LogP contribution >= 0.6 is 0 Å². The van der Waals surface area contributed by atoms with E-state index < -0.39 is 18.1 Å². The Kier molecular flexibility index (Phi) is 39.1. The second-order valence-electron chi connectivity index (χ2n) is 4.56. The molecule has 24 heavy (non-hydrogen) atoms. The van der Waals surface area contributed by atoms with E-state index in [9.17, 15) is 14.4 Å². The number of carbonyl (C=O) groups excluding carboxylic acids is 3. The predicted molar refractivity (Wildman–Crippen MR) is 85.3 cm³/mol. The fraction of sp³-hybridized carbons (Fsp3) is 0.800. The quantitative estimate of drug-likeness (QED) is 0.407. The molecular weight excluding hydrogens is 539 g/mol. The molecule has 0 bridgehead atoms. The number of ketones is 2. The zero-order valence-electron chi connectivity index (χ0n) is 14.0. The first-order valence-electron chi connectivity index (χ1n) is 6.38. The van der Waals surface area contributed by atoms with Crippen LogP contribution < -0.4 is 10.6 Å². The summed E-state index contributed by atoms with van der Waals surface area (Å²) in [5, 5.41) is 5.65. The molecule has 6 nitrogen and oxygen atoms in total. The van der Waals surface area contributed by atoms with Crippen LogP contribution in [0.15, 0.2) is 0 Å². The van der Waals surface area contributed by atoms with Crippen molar-refractivity contribution in [3.05, 3.63) is 0 Å². The number of esters is 1. The monoisotopic (exact) mass is 571 g/mol. The van der Waals surface area contributed by atoms with E-state index in [1.807, 2.05) is 0 Å². The molecule has 2 N–H and O–H groups in total. The zero-order valence-corrected chi connectivity index (χ0v) is 22.5. The number of hydrogen-bond acceptors (Lipinski definition) is 6. The van der Waals surface area contributed by atoms with E-state index in [1.165, 1.54) is 13.8 Å². The Morgan fingerprint density at radius 3 is 1.67 bits per heavy atom. The molecule has 0 aromatic rings. The van der Waals surface area contributed by atoms with Crippen molar-refractivity contribution in [2.45, 2.75) is 66.7 Å². The van der Waals surface area contributed by atoms with E-state index in [0.29, 0.717) is 6.42 Å². The van der Waals surface area contributed by atoms with E-state index in [0.717, 1.165) is 0 Å². The van der Waals surface area contributed by atoms with Gasteiger partial charge in [0.1, 0.15) is 23.7 Å². The second-order valence-corrected chi connectivity index (χ2v) is 4.56. The van der Waals surface area contributed by atoms with Gasteiger partial charge in [0.05, 0.1) is 6.04 Å². The predicted octanol–water partition coefficient (Wildman–Crippen LogP) is 1.32. The maximum atomic E-state index is 11.6. The van der Waals surface area contributed by atoms with Crippen LogP contribution in [-0.4, -0.2) is 49.8 Å². The first kappa shape index (κ1) is 40.7. The molecule has 0 amide bonds. The minimum absolute atomic E-state index is 0. The fourth-order valence-corrected chi connectivity index (χ4v) is 1.92. The van der Waals surface area contributed by atoms with Gasteiger partial charge in [-0.2, -0.15) is 0 Å². The van der Waals surface area contributed by atoms with Gasteiger partial charge in [0.15, 0.2) is 0 Å². The summed E-state index contributed by atoms with van der Waals surface area (Å²) in [6.45, 7) is 4.58. The van der Waals surface area contributed by atoms with Crippen LogP contribution in [0.25, 0.3) is 0 Å². The Morgan fingerprint density at radius 1 is 0.917 bits per heavy atom. The van der Waals surface area contributed by atoms with Gasteiger partial charge in [0, 0.05) is 105 Å². The molecule has 0 aromatic heterocycles. The van der Waals surface area contributed by atoms with Crippen LogP contribution in [0.2, 0.25) is 0 Å². The van der Waals surface area contributed by atoms with Gasteiger partial charge < -0.3 is 15.4 Å². The van der Waals surface area contributed by atoms with Crippen LogP contribution in [0.5, 0.6) is 0 Å². The average molecular weight is 571 g/mol. The number of nitrogens with one attached hydrogen (secondary N) is 2. The Morgan fingerprint density at radius 2 is 1.38 bits per heavy atom. The van der Waals surface area contributed by atoms with Gasteiger partial charge in [0.25, 0.3) is 0 Å². The van der Waals surface area contributed by atoms with E-state index >= 15 is 0 Å². The van der Waals surface area contributed by atoms with Crippen molar-refractivity contribution in [1.82, 2.24) is 10.6 Å². The van der Waals surface area contributed by atoms with Gasteiger partial charge in [0.2, 0.25) is 0 Å².